The Morgan fingerprint density at radius 2 is 1.84 bits per heavy atom. The lowest BCUT2D eigenvalue weighted by atomic mass is 10.2. The smallest absolute Gasteiger partial charge is 0.264 e. The van der Waals surface area contributed by atoms with Crippen molar-refractivity contribution >= 4 is 46.3 Å². The van der Waals surface area contributed by atoms with Crippen LogP contribution in [0.25, 0.3) is 0 Å². The van der Waals surface area contributed by atoms with Crippen LogP contribution in [0.15, 0.2) is 66.0 Å². The van der Waals surface area contributed by atoms with Crippen LogP contribution in [-0.4, -0.2) is 47.3 Å². The first kappa shape index (κ1) is 22.0. The van der Waals surface area contributed by atoms with Crippen molar-refractivity contribution in [3.63, 3.8) is 0 Å². The van der Waals surface area contributed by atoms with E-state index in [0.29, 0.717) is 22.1 Å². The highest BCUT2D eigenvalue weighted by atomic mass is 35.5. The number of hydrogen-bond donors (Lipinski definition) is 0. The Bertz CT molecular complexity index is 1130. The minimum absolute atomic E-state index is 0.0306. The Kier molecular flexibility index (Phi) is 6.58. The van der Waals surface area contributed by atoms with Crippen LogP contribution in [0.3, 0.4) is 0 Å². The topological polar surface area (TPSA) is 60.9 Å². The van der Waals surface area contributed by atoms with Gasteiger partial charge in [-0.05, 0) is 41.6 Å². The van der Waals surface area contributed by atoms with Crippen LogP contribution in [0.4, 0.5) is 5.69 Å². The highest BCUT2D eigenvalue weighted by molar-refractivity contribution is 7.12. The summed E-state index contributed by atoms with van der Waals surface area (Å²) in [6, 6.07) is 18.5. The van der Waals surface area contributed by atoms with E-state index in [1.165, 1.54) is 21.1 Å². The molecule has 0 N–H and O–H groups in total. The molecular weight excluding hydrogens is 446 g/mol. The third-order valence-corrected chi connectivity index (χ3v) is 6.65. The summed E-state index contributed by atoms with van der Waals surface area (Å²) in [5.41, 5.74) is 2.41. The number of amides is 3. The molecule has 0 unspecified atom stereocenters. The van der Waals surface area contributed by atoms with E-state index < -0.39 is 0 Å². The summed E-state index contributed by atoms with van der Waals surface area (Å²) in [7, 11) is 0. The fraction of sp³-hybridized carbons (Fsp3) is 0.208. The van der Waals surface area contributed by atoms with Crippen molar-refractivity contribution in [2.24, 2.45) is 0 Å². The van der Waals surface area contributed by atoms with E-state index in [2.05, 4.69) is 0 Å². The van der Waals surface area contributed by atoms with Gasteiger partial charge in [0, 0.05) is 17.3 Å². The second kappa shape index (κ2) is 9.54. The summed E-state index contributed by atoms with van der Waals surface area (Å²) >= 11 is 7.55. The Morgan fingerprint density at radius 3 is 2.56 bits per heavy atom. The average molecular weight is 468 g/mol. The summed E-state index contributed by atoms with van der Waals surface area (Å²) in [5, 5.41) is 2.40. The highest BCUT2D eigenvalue weighted by Gasteiger charge is 2.34. The summed E-state index contributed by atoms with van der Waals surface area (Å²) in [4.78, 5) is 44.0. The molecule has 1 aliphatic rings. The third-order valence-electron chi connectivity index (χ3n) is 5.38. The highest BCUT2D eigenvalue weighted by Crippen LogP contribution is 2.29. The van der Waals surface area contributed by atoms with Crippen molar-refractivity contribution in [3.8, 4) is 0 Å². The van der Waals surface area contributed by atoms with Gasteiger partial charge >= 0.3 is 0 Å². The molecular formula is C24H22ClN3O3S. The van der Waals surface area contributed by atoms with E-state index in [-0.39, 0.29) is 37.5 Å². The van der Waals surface area contributed by atoms with Crippen LogP contribution < -0.4 is 4.90 Å². The van der Waals surface area contributed by atoms with Crippen LogP contribution in [-0.2, 0) is 16.1 Å². The van der Waals surface area contributed by atoms with Gasteiger partial charge in [0.15, 0.2) is 0 Å². The molecule has 1 aliphatic heterocycles. The van der Waals surface area contributed by atoms with Gasteiger partial charge in [-0.15, -0.1) is 11.3 Å². The van der Waals surface area contributed by atoms with Gasteiger partial charge < -0.3 is 9.80 Å². The molecule has 0 bridgehead atoms. The normalized spacial score (nSPS) is 13.5. The van der Waals surface area contributed by atoms with E-state index in [4.69, 9.17) is 11.6 Å². The number of carbonyl (C=O) groups is 3. The number of nitrogens with zero attached hydrogens (tertiary/aromatic N) is 3. The van der Waals surface area contributed by atoms with Crippen molar-refractivity contribution in [2.45, 2.75) is 13.5 Å². The summed E-state index contributed by atoms with van der Waals surface area (Å²) in [5.74, 6) is -0.658. The Hall–Kier alpha value is -3.16. The summed E-state index contributed by atoms with van der Waals surface area (Å²) < 4.78 is 0. The van der Waals surface area contributed by atoms with E-state index in [1.807, 2.05) is 54.8 Å². The number of anilines is 1. The Balaban J connectivity index is 1.51. The summed E-state index contributed by atoms with van der Waals surface area (Å²) in [6.07, 6.45) is 0. The van der Waals surface area contributed by atoms with Gasteiger partial charge in [-0.3, -0.25) is 19.3 Å². The van der Waals surface area contributed by atoms with Crippen LogP contribution in [0, 0.1) is 6.92 Å². The SMILES string of the molecule is Cc1c(Cl)cccc1N1CN(C(=O)CN(Cc2ccccc2)C(=O)c2cccs2)CC1=O. The molecule has 2 heterocycles. The maximum Gasteiger partial charge on any atom is 0.264 e. The molecule has 1 saturated heterocycles. The predicted molar refractivity (Wildman–Crippen MR) is 126 cm³/mol. The van der Waals surface area contributed by atoms with Crippen LogP contribution >= 0.6 is 22.9 Å². The first-order valence-corrected chi connectivity index (χ1v) is 11.4. The summed E-state index contributed by atoms with van der Waals surface area (Å²) in [6.45, 7) is 2.14. The van der Waals surface area contributed by atoms with Gasteiger partial charge in [-0.1, -0.05) is 54.1 Å². The zero-order valence-electron chi connectivity index (χ0n) is 17.5. The fourth-order valence-corrected chi connectivity index (χ4v) is 4.50. The minimum Gasteiger partial charge on any atom is -0.324 e. The number of hydrogen-bond acceptors (Lipinski definition) is 4. The van der Waals surface area contributed by atoms with Crippen molar-refractivity contribution in [2.75, 3.05) is 24.7 Å². The lowest BCUT2D eigenvalue weighted by Gasteiger charge is -2.25. The van der Waals surface area contributed by atoms with Gasteiger partial charge in [0.25, 0.3) is 5.91 Å². The molecule has 0 radical (unpaired) electrons. The monoisotopic (exact) mass is 467 g/mol. The van der Waals surface area contributed by atoms with E-state index in [9.17, 15) is 14.4 Å². The Morgan fingerprint density at radius 1 is 1.06 bits per heavy atom. The molecule has 0 spiro atoms. The van der Waals surface area contributed by atoms with Gasteiger partial charge in [-0.25, -0.2) is 0 Å². The zero-order chi connectivity index (χ0) is 22.7. The second-order valence-corrected chi connectivity index (χ2v) is 8.92. The van der Waals surface area contributed by atoms with Crippen molar-refractivity contribution in [1.82, 2.24) is 9.80 Å². The molecule has 3 aromatic rings. The minimum atomic E-state index is -0.277. The van der Waals surface area contributed by atoms with Crippen LogP contribution in [0.2, 0.25) is 5.02 Å². The van der Waals surface area contributed by atoms with Crippen molar-refractivity contribution < 1.29 is 14.4 Å². The third kappa shape index (κ3) is 4.69. The van der Waals surface area contributed by atoms with Gasteiger partial charge in [0.1, 0.15) is 19.8 Å². The number of thiophene rings is 1. The molecule has 1 aromatic heterocycles. The van der Waals surface area contributed by atoms with Crippen LogP contribution in [0.5, 0.6) is 0 Å². The molecule has 8 heteroatoms. The molecule has 2 aromatic carbocycles. The second-order valence-electron chi connectivity index (χ2n) is 7.56. The number of carbonyl (C=O) groups excluding carboxylic acids is 3. The van der Waals surface area contributed by atoms with Crippen molar-refractivity contribution in [3.05, 3.63) is 87.1 Å². The quantitative estimate of drug-likeness (QED) is 0.546. The average Bonchev–Trinajstić information content (AvgIpc) is 3.46. The predicted octanol–water partition coefficient (Wildman–Crippen LogP) is 4.19. The standard InChI is InChI=1S/C24H22ClN3O3S/c1-17-19(25)9-5-10-20(17)28-16-27(15-23(28)30)22(29)14-26(13-18-7-3-2-4-8-18)24(31)21-11-6-12-32-21/h2-12H,13-16H2,1H3. The molecule has 32 heavy (non-hydrogen) atoms. The Labute approximate surface area is 195 Å². The van der Waals surface area contributed by atoms with E-state index >= 15 is 0 Å². The van der Waals surface area contributed by atoms with Gasteiger partial charge in [0.2, 0.25) is 11.8 Å². The molecule has 1 fully saturated rings. The lowest BCUT2D eigenvalue weighted by molar-refractivity contribution is -0.132. The molecule has 0 saturated carbocycles. The first-order valence-electron chi connectivity index (χ1n) is 10.1. The maximum absolute atomic E-state index is 13.1. The van der Waals surface area contributed by atoms with Gasteiger partial charge in [-0.2, -0.15) is 0 Å². The van der Waals surface area contributed by atoms with Gasteiger partial charge in [0.05, 0.1) is 4.88 Å². The van der Waals surface area contributed by atoms with E-state index in [0.717, 1.165) is 11.1 Å². The molecule has 4 rings (SSSR count). The molecule has 6 nitrogen and oxygen atoms in total. The largest absolute Gasteiger partial charge is 0.324 e. The number of rotatable bonds is 6. The number of benzene rings is 2. The molecule has 164 valence electrons. The number of halogens is 1. The maximum atomic E-state index is 13.1. The fourth-order valence-electron chi connectivity index (χ4n) is 3.64. The molecule has 0 aliphatic carbocycles. The lowest BCUT2D eigenvalue weighted by Crippen LogP contribution is -2.42. The molecule has 0 atom stereocenters. The zero-order valence-corrected chi connectivity index (χ0v) is 19.1. The van der Waals surface area contributed by atoms with Crippen molar-refractivity contribution in [1.29, 1.82) is 0 Å². The first-order chi connectivity index (χ1) is 15.4. The molecule has 3 amide bonds. The van der Waals surface area contributed by atoms with Crippen LogP contribution in [0.1, 0.15) is 20.8 Å². The van der Waals surface area contributed by atoms with E-state index in [1.54, 1.807) is 23.1 Å².